The Bertz CT molecular complexity index is 119. The predicted molar refractivity (Wildman–Crippen MR) is 55.9 cm³/mol. The van der Waals surface area contributed by atoms with Gasteiger partial charge in [0.05, 0.1) is 0 Å². The highest BCUT2D eigenvalue weighted by Gasteiger charge is 2.19. The van der Waals surface area contributed by atoms with Gasteiger partial charge in [-0.2, -0.15) is 0 Å². The van der Waals surface area contributed by atoms with E-state index in [1.54, 1.807) is 7.11 Å². The van der Waals surface area contributed by atoms with Crippen molar-refractivity contribution in [2.24, 2.45) is 11.8 Å². The lowest BCUT2D eigenvalue weighted by Crippen LogP contribution is -2.24. The van der Waals surface area contributed by atoms with Crippen molar-refractivity contribution < 1.29 is 4.74 Å². The van der Waals surface area contributed by atoms with Crippen LogP contribution in [0.4, 0.5) is 0 Å². The summed E-state index contributed by atoms with van der Waals surface area (Å²) in [6, 6.07) is 0. The number of hydrogen-bond acceptors (Lipinski definition) is 2. The quantitative estimate of drug-likeness (QED) is 0.708. The molecule has 2 nitrogen and oxygen atoms in total. The fourth-order valence-corrected chi connectivity index (χ4v) is 2.30. The molecule has 1 aliphatic rings. The second kappa shape index (κ2) is 6.39. The van der Waals surface area contributed by atoms with E-state index < -0.39 is 0 Å². The van der Waals surface area contributed by atoms with Crippen LogP contribution in [0.1, 0.15) is 32.1 Å². The maximum atomic E-state index is 5.11. The average molecular weight is 185 g/mol. The van der Waals surface area contributed by atoms with Crippen LogP contribution in [0.3, 0.4) is 0 Å². The van der Waals surface area contributed by atoms with Gasteiger partial charge in [0, 0.05) is 13.7 Å². The van der Waals surface area contributed by atoms with Gasteiger partial charge in [-0.15, -0.1) is 0 Å². The Morgan fingerprint density at radius 2 is 1.77 bits per heavy atom. The number of ether oxygens (including phenoxy) is 1. The van der Waals surface area contributed by atoms with Crippen molar-refractivity contribution in [1.82, 2.24) is 5.32 Å². The zero-order valence-electron chi connectivity index (χ0n) is 9.01. The van der Waals surface area contributed by atoms with E-state index in [1.807, 2.05) is 0 Å². The normalized spacial score (nSPS) is 29.1. The van der Waals surface area contributed by atoms with Gasteiger partial charge in [-0.25, -0.2) is 0 Å². The predicted octanol–water partition coefficient (Wildman–Crippen LogP) is 2.05. The number of nitrogens with one attached hydrogen (secondary N) is 1. The molecule has 0 bridgehead atoms. The monoisotopic (exact) mass is 185 g/mol. The molecule has 0 atom stereocenters. The summed E-state index contributed by atoms with van der Waals surface area (Å²) >= 11 is 0. The van der Waals surface area contributed by atoms with Crippen LogP contribution in [0.2, 0.25) is 0 Å². The van der Waals surface area contributed by atoms with Crippen LogP contribution < -0.4 is 5.32 Å². The molecule has 13 heavy (non-hydrogen) atoms. The molecule has 1 fully saturated rings. The van der Waals surface area contributed by atoms with Crippen LogP contribution in [0.5, 0.6) is 0 Å². The lowest BCUT2D eigenvalue weighted by molar-refractivity contribution is 0.156. The smallest absolute Gasteiger partial charge is 0.0464 e. The van der Waals surface area contributed by atoms with Crippen LogP contribution in [0.15, 0.2) is 0 Å². The van der Waals surface area contributed by atoms with Crippen molar-refractivity contribution in [2.75, 3.05) is 27.3 Å². The first-order chi connectivity index (χ1) is 6.36. The highest BCUT2D eigenvalue weighted by Crippen LogP contribution is 2.30. The standard InChI is InChI=1S/C11H23NO/c1-12-9-11-5-3-10(4-6-11)7-8-13-2/h10-12H,3-9H2,1-2H3. The van der Waals surface area contributed by atoms with E-state index in [9.17, 15) is 0 Å². The maximum absolute atomic E-state index is 5.11. The van der Waals surface area contributed by atoms with Gasteiger partial charge >= 0.3 is 0 Å². The molecular formula is C11H23NO. The lowest BCUT2D eigenvalue weighted by atomic mass is 9.81. The number of rotatable bonds is 5. The lowest BCUT2D eigenvalue weighted by Gasteiger charge is -2.28. The molecule has 0 saturated heterocycles. The van der Waals surface area contributed by atoms with E-state index in [1.165, 1.54) is 38.6 Å². The molecule has 0 aromatic rings. The Balaban J connectivity index is 2.08. The van der Waals surface area contributed by atoms with Gasteiger partial charge < -0.3 is 10.1 Å². The second-order valence-electron chi connectivity index (χ2n) is 4.23. The minimum absolute atomic E-state index is 0.934. The zero-order chi connectivity index (χ0) is 9.52. The fraction of sp³-hybridized carbons (Fsp3) is 1.00. The molecule has 0 aliphatic heterocycles. The SMILES string of the molecule is CNCC1CCC(CCOC)CC1. The molecule has 0 radical (unpaired) electrons. The average Bonchev–Trinajstić information content (AvgIpc) is 2.17. The first-order valence-electron chi connectivity index (χ1n) is 5.50. The van der Waals surface area contributed by atoms with E-state index in [4.69, 9.17) is 4.74 Å². The van der Waals surface area contributed by atoms with Gasteiger partial charge in [0.15, 0.2) is 0 Å². The molecule has 0 spiro atoms. The molecular weight excluding hydrogens is 162 g/mol. The van der Waals surface area contributed by atoms with Crippen LogP contribution >= 0.6 is 0 Å². The number of hydrogen-bond donors (Lipinski definition) is 1. The molecule has 0 aromatic heterocycles. The van der Waals surface area contributed by atoms with E-state index >= 15 is 0 Å². The van der Waals surface area contributed by atoms with Crippen LogP contribution in [0, 0.1) is 11.8 Å². The van der Waals surface area contributed by atoms with Gasteiger partial charge in [0.2, 0.25) is 0 Å². The van der Waals surface area contributed by atoms with Gasteiger partial charge in [0.25, 0.3) is 0 Å². The Labute approximate surface area is 82.0 Å². The van der Waals surface area contributed by atoms with Crippen molar-refractivity contribution in [1.29, 1.82) is 0 Å². The molecule has 0 aromatic carbocycles. The second-order valence-corrected chi connectivity index (χ2v) is 4.23. The Morgan fingerprint density at radius 1 is 1.15 bits per heavy atom. The summed E-state index contributed by atoms with van der Waals surface area (Å²) in [6.07, 6.45) is 6.92. The minimum Gasteiger partial charge on any atom is -0.385 e. The topological polar surface area (TPSA) is 21.3 Å². The summed E-state index contributed by atoms with van der Waals surface area (Å²) in [5.41, 5.74) is 0. The first-order valence-corrected chi connectivity index (χ1v) is 5.50. The molecule has 78 valence electrons. The van der Waals surface area contributed by atoms with E-state index in [-0.39, 0.29) is 0 Å². The molecule has 0 unspecified atom stereocenters. The van der Waals surface area contributed by atoms with Gasteiger partial charge in [0.1, 0.15) is 0 Å². The Morgan fingerprint density at radius 3 is 2.31 bits per heavy atom. The van der Waals surface area contributed by atoms with Crippen molar-refractivity contribution in [3.05, 3.63) is 0 Å². The fourth-order valence-electron chi connectivity index (χ4n) is 2.30. The van der Waals surface area contributed by atoms with E-state index in [2.05, 4.69) is 12.4 Å². The summed E-state index contributed by atoms with van der Waals surface area (Å²) in [7, 11) is 3.85. The third-order valence-corrected chi connectivity index (χ3v) is 3.19. The zero-order valence-corrected chi connectivity index (χ0v) is 9.01. The van der Waals surface area contributed by atoms with Crippen molar-refractivity contribution >= 4 is 0 Å². The van der Waals surface area contributed by atoms with Crippen LogP contribution in [-0.2, 0) is 4.74 Å². The number of methoxy groups -OCH3 is 1. The maximum Gasteiger partial charge on any atom is 0.0464 e. The molecule has 2 heteroatoms. The van der Waals surface area contributed by atoms with Gasteiger partial charge in [-0.05, 0) is 44.7 Å². The third-order valence-electron chi connectivity index (χ3n) is 3.19. The highest BCUT2D eigenvalue weighted by atomic mass is 16.5. The summed E-state index contributed by atoms with van der Waals surface area (Å²) in [5, 5.41) is 3.27. The first kappa shape index (κ1) is 11.0. The summed E-state index contributed by atoms with van der Waals surface area (Å²) in [5.74, 6) is 1.87. The molecule has 0 heterocycles. The summed E-state index contributed by atoms with van der Waals surface area (Å²) < 4.78 is 5.11. The molecule has 0 amide bonds. The van der Waals surface area contributed by atoms with E-state index in [0.717, 1.165) is 18.4 Å². The summed E-state index contributed by atoms with van der Waals surface area (Å²) in [6.45, 7) is 2.15. The van der Waals surface area contributed by atoms with Crippen LogP contribution in [-0.4, -0.2) is 27.3 Å². The third kappa shape index (κ3) is 4.10. The molecule has 1 aliphatic carbocycles. The highest BCUT2D eigenvalue weighted by molar-refractivity contribution is 4.73. The van der Waals surface area contributed by atoms with Crippen molar-refractivity contribution in [3.8, 4) is 0 Å². The Kier molecular flexibility index (Phi) is 5.40. The summed E-state index contributed by atoms with van der Waals surface area (Å²) in [4.78, 5) is 0. The Hall–Kier alpha value is -0.0800. The van der Waals surface area contributed by atoms with Gasteiger partial charge in [-0.1, -0.05) is 12.8 Å². The van der Waals surface area contributed by atoms with Crippen molar-refractivity contribution in [2.45, 2.75) is 32.1 Å². The minimum atomic E-state index is 0.934. The molecule has 1 rings (SSSR count). The van der Waals surface area contributed by atoms with Crippen LogP contribution in [0.25, 0.3) is 0 Å². The van der Waals surface area contributed by atoms with Crippen molar-refractivity contribution in [3.63, 3.8) is 0 Å². The molecule has 1 saturated carbocycles. The largest absolute Gasteiger partial charge is 0.385 e. The van der Waals surface area contributed by atoms with Gasteiger partial charge in [-0.3, -0.25) is 0 Å². The van der Waals surface area contributed by atoms with E-state index in [0.29, 0.717) is 0 Å². The molecule has 1 N–H and O–H groups in total.